The zero-order valence-electron chi connectivity index (χ0n) is 12.1. The first kappa shape index (κ1) is 13.0. The van der Waals surface area contributed by atoms with Crippen LogP contribution in [0.25, 0.3) is 21.8 Å². The van der Waals surface area contributed by atoms with Crippen LogP contribution in [0.2, 0.25) is 0 Å². The zero-order valence-corrected chi connectivity index (χ0v) is 12.1. The highest BCUT2D eigenvalue weighted by Crippen LogP contribution is 2.23. The Morgan fingerprint density at radius 1 is 0.909 bits per heavy atom. The molecule has 0 aliphatic carbocycles. The predicted molar refractivity (Wildman–Crippen MR) is 88.6 cm³/mol. The first-order valence-electron chi connectivity index (χ1n) is 7.38. The van der Waals surface area contributed by atoms with Gasteiger partial charge in [0.2, 0.25) is 0 Å². The van der Waals surface area contributed by atoms with E-state index in [0.29, 0.717) is 6.54 Å². The summed E-state index contributed by atoms with van der Waals surface area (Å²) >= 11 is 0. The number of fused-ring (bicyclic) bond motifs is 2. The predicted octanol–water partition coefficient (Wildman–Crippen LogP) is 3.92. The number of imidazole rings is 1. The minimum atomic E-state index is -0.554. The van der Waals surface area contributed by atoms with E-state index < -0.39 is 6.10 Å². The molecule has 4 aromatic rings. The zero-order chi connectivity index (χ0) is 14.9. The molecule has 0 saturated heterocycles. The van der Waals surface area contributed by atoms with Gasteiger partial charge in [0.1, 0.15) is 0 Å². The summed E-state index contributed by atoms with van der Waals surface area (Å²) < 4.78 is 2.00. The van der Waals surface area contributed by atoms with Gasteiger partial charge in [0, 0.05) is 0 Å². The monoisotopic (exact) mass is 288 g/mol. The van der Waals surface area contributed by atoms with E-state index in [2.05, 4.69) is 29.2 Å². The lowest BCUT2D eigenvalue weighted by Crippen LogP contribution is -2.07. The van der Waals surface area contributed by atoms with E-state index in [4.69, 9.17) is 0 Å². The fraction of sp³-hybridized carbons (Fsp3) is 0.105. The van der Waals surface area contributed by atoms with Crippen molar-refractivity contribution in [2.24, 2.45) is 0 Å². The minimum Gasteiger partial charge on any atom is -0.387 e. The Morgan fingerprint density at radius 3 is 2.59 bits per heavy atom. The van der Waals surface area contributed by atoms with Crippen LogP contribution in [-0.4, -0.2) is 14.7 Å². The number of hydrogen-bond acceptors (Lipinski definition) is 2. The van der Waals surface area contributed by atoms with E-state index in [1.54, 1.807) is 6.33 Å². The van der Waals surface area contributed by atoms with Gasteiger partial charge >= 0.3 is 0 Å². The van der Waals surface area contributed by atoms with Crippen LogP contribution < -0.4 is 0 Å². The van der Waals surface area contributed by atoms with Crippen molar-refractivity contribution in [1.29, 1.82) is 0 Å². The molecule has 22 heavy (non-hydrogen) atoms. The summed E-state index contributed by atoms with van der Waals surface area (Å²) in [5, 5.41) is 12.9. The fourth-order valence-electron chi connectivity index (χ4n) is 2.86. The van der Waals surface area contributed by atoms with Crippen molar-refractivity contribution in [2.75, 3.05) is 0 Å². The van der Waals surface area contributed by atoms with Gasteiger partial charge in [-0.2, -0.15) is 0 Å². The molecule has 3 heteroatoms. The highest BCUT2D eigenvalue weighted by atomic mass is 16.3. The van der Waals surface area contributed by atoms with Crippen molar-refractivity contribution < 1.29 is 5.11 Å². The highest BCUT2D eigenvalue weighted by molar-refractivity contribution is 5.83. The summed E-state index contributed by atoms with van der Waals surface area (Å²) in [6, 6.07) is 22.3. The van der Waals surface area contributed by atoms with Crippen LogP contribution >= 0.6 is 0 Å². The number of nitrogens with zero attached hydrogens (tertiary/aromatic N) is 2. The molecule has 0 radical (unpaired) electrons. The van der Waals surface area contributed by atoms with Gasteiger partial charge < -0.3 is 9.67 Å². The third kappa shape index (κ3) is 2.26. The minimum absolute atomic E-state index is 0.499. The summed E-state index contributed by atoms with van der Waals surface area (Å²) in [4.78, 5) is 4.37. The maximum absolute atomic E-state index is 10.6. The van der Waals surface area contributed by atoms with Gasteiger partial charge in [-0.15, -0.1) is 0 Å². The molecule has 108 valence electrons. The Kier molecular flexibility index (Phi) is 3.13. The molecule has 0 fully saturated rings. The van der Waals surface area contributed by atoms with Gasteiger partial charge in [0.25, 0.3) is 0 Å². The summed E-state index contributed by atoms with van der Waals surface area (Å²) in [5.74, 6) is 0. The Bertz CT molecular complexity index is 942. The van der Waals surface area contributed by atoms with E-state index in [0.717, 1.165) is 22.0 Å². The van der Waals surface area contributed by atoms with Crippen LogP contribution in [0.5, 0.6) is 0 Å². The molecule has 0 bridgehead atoms. The van der Waals surface area contributed by atoms with Crippen molar-refractivity contribution in [2.45, 2.75) is 12.6 Å². The number of aliphatic hydroxyl groups excluding tert-OH is 1. The molecule has 1 atom stereocenters. The number of rotatable bonds is 3. The lowest BCUT2D eigenvalue weighted by atomic mass is 10.0. The van der Waals surface area contributed by atoms with Crippen LogP contribution in [0, 0.1) is 0 Å². The van der Waals surface area contributed by atoms with Gasteiger partial charge in [-0.3, -0.25) is 0 Å². The standard InChI is InChI=1S/C19H16N2O/c22-19(12-21-13-20-17-7-3-4-8-18(17)21)16-10-9-14-5-1-2-6-15(14)11-16/h1-11,13,19,22H,12H2/t19-/m1/s1. The van der Waals surface area contributed by atoms with E-state index >= 15 is 0 Å². The normalized spacial score (nSPS) is 12.8. The van der Waals surface area contributed by atoms with Gasteiger partial charge in [-0.05, 0) is 34.5 Å². The van der Waals surface area contributed by atoms with Gasteiger partial charge in [0.05, 0.1) is 30.0 Å². The topological polar surface area (TPSA) is 38.0 Å². The summed E-state index contributed by atoms with van der Waals surface area (Å²) in [6.07, 6.45) is 1.23. The number of para-hydroxylation sites is 2. The second kappa shape index (κ2) is 5.28. The molecule has 3 nitrogen and oxygen atoms in total. The first-order valence-corrected chi connectivity index (χ1v) is 7.38. The number of aliphatic hydroxyl groups is 1. The number of benzene rings is 3. The van der Waals surface area contributed by atoms with Crippen molar-refractivity contribution in [3.05, 3.63) is 78.6 Å². The molecule has 4 rings (SSSR count). The average molecular weight is 288 g/mol. The SMILES string of the molecule is O[C@H](Cn1cnc2ccccc21)c1ccc2ccccc2c1. The maximum Gasteiger partial charge on any atom is 0.0969 e. The molecule has 0 unspecified atom stereocenters. The highest BCUT2D eigenvalue weighted by Gasteiger charge is 2.11. The molecule has 1 heterocycles. The summed E-state index contributed by atoms with van der Waals surface area (Å²) in [5.41, 5.74) is 2.92. The first-order chi connectivity index (χ1) is 10.8. The van der Waals surface area contributed by atoms with E-state index in [1.165, 1.54) is 5.39 Å². The molecular weight excluding hydrogens is 272 g/mol. The lowest BCUT2D eigenvalue weighted by Gasteiger charge is -2.13. The van der Waals surface area contributed by atoms with Gasteiger partial charge in [0.15, 0.2) is 0 Å². The van der Waals surface area contributed by atoms with Crippen LogP contribution in [0.1, 0.15) is 11.7 Å². The molecular formula is C19H16N2O. The van der Waals surface area contributed by atoms with Crippen LogP contribution in [0.3, 0.4) is 0 Å². The van der Waals surface area contributed by atoms with Crippen molar-refractivity contribution in [1.82, 2.24) is 9.55 Å². The second-order valence-corrected chi connectivity index (χ2v) is 5.51. The number of aromatic nitrogens is 2. The third-order valence-corrected chi connectivity index (χ3v) is 4.06. The molecule has 1 N–H and O–H groups in total. The Morgan fingerprint density at radius 2 is 1.68 bits per heavy atom. The van der Waals surface area contributed by atoms with Crippen LogP contribution in [0.15, 0.2) is 73.1 Å². The Hall–Kier alpha value is -2.65. The molecule has 0 saturated carbocycles. The van der Waals surface area contributed by atoms with Crippen LogP contribution in [-0.2, 0) is 6.54 Å². The smallest absolute Gasteiger partial charge is 0.0969 e. The van der Waals surface area contributed by atoms with E-state index in [1.807, 2.05) is 47.0 Å². The van der Waals surface area contributed by atoms with Crippen molar-refractivity contribution >= 4 is 21.8 Å². The molecule has 0 aliphatic heterocycles. The second-order valence-electron chi connectivity index (χ2n) is 5.51. The molecule has 0 amide bonds. The quantitative estimate of drug-likeness (QED) is 0.620. The molecule has 0 aliphatic rings. The molecule has 0 spiro atoms. The number of hydrogen-bond donors (Lipinski definition) is 1. The van der Waals surface area contributed by atoms with E-state index in [-0.39, 0.29) is 0 Å². The molecule has 3 aromatic carbocycles. The largest absolute Gasteiger partial charge is 0.387 e. The fourth-order valence-corrected chi connectivity index (χ4v) is 2.86. The van der Waals surface area contributed by atoms with Crippen molar-refractivity contribution in [3.8, 4) is 0 Å². The van der Waals surface area contributed by atoms with Crippen molar-refractivity contribution in [3.63, 3.8) is 0 Å². The third-order valence-electron chi connectivity index (χ3n) is 4.06. The molecule has 1 aromatic heterocycles. The maximum atomic E-state index is 10.6. The van der Waals surface area contributed by atoms with E-state index in [9.17, 15) is 5.11 Å². The van der Waals surface area contributed by atoms with Crippen LogP contribution in [0.4, 0.5) is 0 Å². The Labute approximate surface area is 128 Å². The van der Waals surface area contributed by atoms with Gasteiger partial charge in [-0.25, -0.2) is 4.98 Å². The van der Waals surface area contributed by atoms with Gasteiger partial charge in [-0.1, -0.05) is 48.5 Å². The summed E-state index contributed by atoms with van der Waals surface area (Å²) in [7, 11) is 0. The average Bonchev–Trinajstić information content (AvgIpc) is 2.97. The summed E-state index contributed by atoms with van der Waals surface area (Å²) in [6.45, 7) is 0.499. The lowest BCUT2D eigenvalue weighted by molar-refractivity contribution is 0.158. The Balaban J connectivity index is 1.66.